The van der Waals surface area contributed by atoms with Gasteiger partial charge < -0.3 is 5.11 Å². The number of allylic oxidation sites excluding steroid dienone is 1. The summed E-state index contributed by atoms with van der Waals surface area (Å²) < 4.78 is 0. The molecule has 0 spiro atoms. The van der Waals surface area contributed by atoms with Crippen LogP contribution in [0.25, 0.3) is 0 Å². The van der Waals surface area contributed by atoms with Gasteiger partial charge in [-0.1, -0.05) is 25.0 Å². The van der Waals surface area contributed by atoms with Crippen LogP contribution in [0.15, 0.2) is 12.2 Å². The third-order valence-electron chi connectivity index (χ3n) is 3.18. The van der Waals surface area contributed by atoms with Gasteiger partial charge in [-0.25, -0.2) is 0 Å². The Labute approximate surface area is 68.1 Å². The normalized spacial score (nSPS) is 43.5. The van der Waals surface area contributed by atoms with E-state index in [1.165, 1.54) is 32.1 Å². The van der Waals surface area contributed by atoms with Gasteiger partial charge in [0.25, 0.3) is 0 Å². The third kappa shape index (κ3) is 1.34. The summed E-state index contributed by atoms with van der Waals surface area (Å²) in [6.45, 7) is 0. The molecule has 2 aliphatic carbocycles. The monoisotopic (exact) mass is 152 g/mol. The zero-order chi connectivity index (χ0) is 7.68. The van der Waals surface area contributed by atoms with E-state index in [4.69, 9.17) is 0 Å². The Morgan fingerprint density at radius 2 is 2.00 bits per heavy atom. The second-order valence-electron chi connectivity index (χ2n) is 3.86. The van der Waals surface area contributed by atoms with Crippen LogP contribution in [0.2, 0.25) is 0 Å². The lowest BCUT2D eigenvalue weighted by Crippen LogP contribution is -2.31. The minimum atomic E-state index is -0.131. The number of hydrogen-bond acceptors (Lipinski definition) is 1. The molecule has 0 aromatic heterocycles. The molecule has 0 aliphatic heterocycles. The van der Waals surface area contributed by atoms with Crippen LogP contribution < -0.4 is 0 Å². The molecule has 1 nitrogen and oxygen atoms in total. The minimum Gasteiger partial charge on any atom is -0.389 e. The maximum absolute atomic E-state index is 9.62. The molecule has 0 bridgehead atoms. The SMILES string of the molecule is OC1C=CC[C@H]2CCCC[C@H]12. The first kappa shape index (κ1) is 7.35. The van der Waals surface area contributed by atoms with Crippen molar-refractivity contribution in [3.05, 3.63) is 12.2 Å². The summed E-state index contributed by atoms with van der Waals surface area (Å²) in [5.74, 6) is 1.39. The zero-order valence-corrected chi connectivity index (χ0v) is 6.87. The highest BCUT2D eigenvalue weighted by molar-refractivity contribution is 5.01. The average molecular weight is 152 g/mol. The highest BCUT2D eigenvalue weighted by Gasteiger charge is 2.30. The molecule has 0 aromatic carbocycles. The summed E-state index contributed by atoms with van der Waals surface area (Å²) in [5, 5.41) is 9.62. The molecule has 0 amide bonds. The molecule has 11 heavy (non-hydrogen) atoms. The summed E-state index contributed by atoms with van der Waals surface area (Å²) in [6, 6.07) is 0. The van der Waals surface area contributed by atoms with Gasteiger partial charge in [-0.15, -0.1) is 0 Å². The van der Waals surface area contributed by atoms with Gasteiger partial charge in [0.1, 0.15) is 0 Å². The van der Waals surface area contributed by atoms with Gasteiger partial charge in [0, 0.05) is 0 Å². The molecule has 2 aliphatic rings. The maximum Gasteiger partial charge on any atom is 0.0751 e. The first-order chi connectivity index (χ1) is 5.38. The lowest BCUT2D eigenvalue weighted by Gasteiger charge is -2.35. The molecule has 0 aromatic rings. The van der Waals surface area contributed by atoms with Crippen LogP contribution in [-0.4, -0.2) is 11.2 Å². The predicted molar refractivity (Wildman–Crippen MR) is 45.2 cm³/mol. The fourth-order valence-electron chi connectivity index (χ4n) is 2.51. The largest absolute Gasteiger partial charge is 0.389 e. The van der Waals surface area contributed by atoms with E-state index in [2.05, 4.69) is 6.08 Å². The molecule has 0 heterocycles. The van der Waals surface area contributed by atoms with E-state index >= 15 is 0 Å². The van der Waals surface area contributed by atoms with Gasteiger partial charge in [0.05, 0.1) is 6.10 Å². The van der Waals surface area contributed by atoms with Crippen LogP contribution in [0, 0.1) is 11.8 Å². The van der Waals surface area contributed by atoms with Crippen molar-refractivity contribution in [2.24, 2.45) is 11.8 Å². The number of rotatable bonds is 0. The summed E-state index contributed by atoms with van der Waals surface area (Å²) >= 11 is 0. The Kier molecular flexibility index (Phi) is 1.99. The Bertz CT molecular complexity index is 162. The molecule has 1 unspecified atom stereocenters. The fourth-order valence-corrected chi connectivity index (χ4v) is 2.51. The number of fused-ring (bicyclic) bond motifs is 1. The Morgan fingerprint density at radius 1 is 1.18 bits per heavy atom. The van der Waals surface area contributed by atoms with E-state index in [0.717, 1.165) is 5.92 Å². The number of aliphatic hydroxyl groups excluding tert-OH is 1. The third-order valence-corrected chi connectivity index (χ3v) is 3.18. The zero-order valence-electron chi connectivity index (χ0n) is 6.87. The van der Waals surface area contributed by atoms with Crippen molar-refractivity contribution in [1.29, 1.82) is 0 Å². The highest BCUT2D eigenvalue weighted by atomic mass is 16.3. The summed E-state index contributed by atoms with van der Waals surface area (Å²) in [7, 11) is 0. The van der Waals surface area contributed by atoms with Gasteiger partial charge in [0.2, 0.25) is 0 Å². The van der Waals surface area contributed by atoms with Crippen LogP contribution in [0.4, 0.5) is 0 Å². The molecule has 1 N–H and O–H groups in total. The molecule has 1 fully saturated rings. The van der Waals surface area contributed by atoms with E-state index in [1.54, 1.807) is 0 Å². The highest BCUT2D eigenvalue weighted by Crippen LogP contribution is 2.37. The molecular formula is C10H16O. The Balaban J connectivity index is 2.08. The molecule has 62 valence electrons. The van der Waals surface area contributed by atoms with E-state index < -0.39 is 0 Å². The quantitative estimate of drug-likeness (QED) is 0.527. The van der Waals surface area contributed by atoms with E-state index in [0.29, 0.717) is 5.92 Å². The molecule has 0 saturated heterocycles. The van der Waals surface area contributed by atoms with Gasteiger partial charge in [-0.05, 0) is 31.1 Å². The van der Waals surface area contributed by atoms with Crippen molar-refractivity contribution in [3.8, 4) is 0 Å². The van der Waals surface area contributed by atoms with Crippen LogP contribution in [0.5, 0.6) is 0 Å². The van der Waals surface area contributed by atoms with Crippen molar-refractivity contribution < 1.29 is 5.11 Å². The van der Waals surface area contributed by atoms with Crippen molar-refractivity contribution in [1.82, 2.24) is 0 Å². The molecular weight excluding hydrogens is 136 g/mol. The molecule has 1 saturated carbocycles. The Hall–Kier alpha value is -0.300. The molecule has 0 radical (unpaired) electrons. The summed E-state index contributed by atoms with van der Waals surface area (Å²) in [6.07, 6.45) is 10.5. The summed E-state index contributed by atoms with van der Waals surface area (Å²) in [4.78, 5) is 0. The van der Waals surface area contributed by atoms with Crippen molar-refractivity contribution in [2.45, 2.75) is 38.2 Å². The lowest BCUT2D eigenvalue weighted by atomic mass is 9.72. The number of aliphatic hydroxyl groups is 1. The van der Waals surface area contributed by atoms with Crippen LogP contribution in [-0.2, 0) is 0 Å². The smallest absolute Gasteiger partial charge is 0.0751 e. The lowest BCUT2D eigenvalue weighted by molar-refractivity contribution is 0.0737. The second kappa shape index (κ2) is 2.98. The van der Waals surface area contributed by atoms with Gasteiger partial charge in [0.15, 0.2) is 0 Å². The van der Waals surface area contributed by atoms with Crippen molar-refractivity contribution >= 4 is 0 Å². The van der Waals surface area contributed by atoms with Crippen LogP contribution in [0.1, 0.15) is 32.1 Å². The molecule has 1 heteroatoms. The van der Waals surface area contributed by atoms with Crippen molar-refractivity contribution in [3.63, 3.8) is 0 Å². The fraction of sp³-hybridized carbons (Fsp3) is 0.800. The predicted octanol–water partition coefficient (Wildman–Crippen LogP) is 2.11. The van der Waals surface area contributed by atoms with E-state index in [9.17, 15) is 5.11 Å². The number of hydrogen-bond donors (Lipinski definition) is 1. The first-order valence-electron chi connectivity index (χ1n) is 4.72. The average Bonchev–Trinajstić information content (AvgIpc) is 2.06. The van der Waals surface area contributed by atoms with Gasteiger partial charge in [-0.2, -0.15) is 0 Å². The molecule has 3 atom stereocenters. The van der Waals surface area contributed by atoms with Crippen molar-refractivity contribution in [2.75, 3.05) is 0 Å². The second-order valence-corrected chi connectivity index (χ2v) is 3.86. The first-order valence-corrected chi connectivity index (χ1v) is 4.72. The maximum atomic E-state index is 9.62. The van der Waals surface area contributed by atoms with Gasteiger partial charge in [-0.3, -0.25) is 0 Å². The van der Waals surface area contributed by atoms with Crippen LogP contribution >= 0.6 is 0 Å². The van der Waals surface area contributed by atoms with E-state index in [1.807, 2.05) is 6.08 Å². The summed E-state index contributed by atoms with van der Waals surface area (Å²) in [5.41, 5.74) is 0. The van der Waals surface area contributed by atoms with Gasteiger partial charge >= 0.3 is 0 Å². The topological polar surface area (TPSA) is 20.2 Å². The molecule has 2 rings (SSSR count). The van der Waals surface area contributed by atoms with Crippen LogP contribution in [0.3, 0.4) is 0 Å². The Morgan fingerprint density at radius 3 is 2.82 bits per heavy atom. The minimum absolute atomic E-state index is 0.131. The standard InChI is InChI=1S/C10H16O/c11-10-7-3-5-8-4-1-2-6-9(8)10/h3,7-11H,1-2,4-6H2/t8-,9+,10?/m1/s1. The van der Waals surface area contributed by atoms with E-state index in [-0.39, 0.29) is 6.10 Å².